The molecule has 4 aromatic rings. The molecule has 5 rings (SSSR count). The van der Waals surface area contributed by atoms with Gasteiger partial charge in [0.1, 0.15) is 6.61 Å². The number of hydrogen-bond acceptors (Lipinski definition) is 7. The fourth-order valence-electron chi connectivity index (χ4n) is 4.26. The zero-order valence-corrected chi connectivity index (χ0v) is 21.1. The van der Waals surface area contributed by atoms with E-state index in [1.165, 1.54) is 18.3 Å². The van der Waals surface area contributed by atoms with Gasteiger partial charge in [0, 0.05) is 24.8 Å². The van der Waals surface area contributed by atoms with Gasteiger partial charge in [-0.1, -0.05) is 54.1 Å². The Labute approximate surface area is 223 Å². The van der Waals surface area contributed by atoms with E-state index in [1.54, 1.807) is 23.2 Å². The van der Waals surface area contributed by atoms with Crippen molar-refractivity contribution in [1.82, 2.24) is 24.6 Å². The summed E-state index contributed by atoms with van der Waals surface area (Å²) in [7, 11) is 0. The Hall–Kier alpha value is -4.44. The lowest BCUT2D eigenvalue weighted by atomic mass is 10.1. The van der Waals surface area contributed by atoms with E-state index in [0.29, 0.717) is 41.0 Å². The molecule has 10 nitrogen and oxygen atoms in total. The molecule has 194 valence electrons. The zero-order chi connectivity index (χ0) is 26.5. The highest BCUT2D eigenvalue weighted by molar-refractivity contribution is 6.32. The van der Waals surface area contributed by atoms with Gasteiger partial charge in [-0.3, -0.25) is 4.68 Å². The molecule has 2 aromatic carbocycles. The van der Waals surface area contributed by atoms with Crippen LogP contribution in [0.15, 0.2) is 73.2 Å². The largest absolute Gasteiger partial charge is 0.478 e. The van der Waals surface area contributed by atoms with E-state index in [-0.39, 0.29) is 24.3 Å². The number of carbonyl (C=O) groups excluding carboxylic acids is 1. The SMILES string of the molecule is O=C(O)c1ccc(-c2nc(Nc3cnn(C4CCN(C(=O)OCc5ccccc5)CC4)c3)ncc2Cl)cc1. The minimum Gasteiger partial charge on any atom is -0.478 e. The van der Waals surface area contributed by atoms with Crippen molar-refractivity contribution in [3.8, 4) is 11.3 Å². The molecule has 11 heteroatoms. The zero-order valence-electron chi connectivity index (χ0n) is 20.3. The second kappa shape index (κ2) is 11.3. The van der Waals surface area contributed by atoms with Gasteiger partial charge in [-0.2, -0.15) is 5.10 Å². The van der Waals surface area contributed by atoms with Crippen LogP contribution in [-0.4, -0.2) is 54.9 Å². The number of piperidine rings is 1. The number of rotatable bonds is 7. The predicted octanol–water partition coefficient (Wildman–Crippen LogP) is 5.41. The number of likely N-dealkylation sites (tertiary alicyclic amines) is 1. The van der Waals surface area contributed by atoms with Gasteiger partial charge in [-0.25, -0.2) is 19.6 Å². The third-order valence-corrected chi connectivity index (χ3v) is 6.59. The number of aromatic carboxylic acids is 1. The molecule has 0 spiro atoms. The lowest BCUT2D eigenvalue weighted by molar-refractivity contribution is 0.0696. The molecule has 0 aliphatic carbocycles. The molecule has 1 saturated heterocycles. The Bertz CT molecular complexity index is 1420. The number of carboxylic acid groups (broad SMARTS) is 1. The van der Waals surface area contributed by atoms with E-state index < -0.39 is 5.97 Å². The molecule has 1 fully saturated rings. The Balaban J connectivity index is 1.17. The number of hydrogen-bond donors (Lipinski definition) is 2. The highest BCUT2D eigenvalue weighted by Gasteiger charge is 2.25. The first-order valence-corrected chi connectivity index (χ1v) is 12.5. The Kier molecular flexibility index (Phi) is 7.50. The van der Waals surface area contributed by atoms with Gasteiger partial charge < -0.3 is 20.1 Å². The molecule has 38 heavy (non-hydrogen) atoms. The lowest BCUT2D eigenvalue weighted by Crippen LogP contribution is -2.39. The maximum Gasteiger partial charge on any atom is 0.410 e. The Morgan fingerprint density at radius 2 is 1.79 bits per heavy atom. The molecule has 0 radical (unpaired) electrons. The summed E-state index contributed by atoms with van der Waals surface area (Å²) in [6.45, 7) is 1.44. The number of nitrogens with zero attached hydrogens (tertiary/aromatic N) is 5. The van der Waals surface area contributed by atoms with Crippen LogP contribution in [0.5, 0.6) is 0 Å². The summed E-state index contributed by atoms with van der Waals surface area (Å²) in [4.78, 5) is 34.1. The summed E-state index contributed by atoms with van der Waals surface area (Å²) in [5, 5.41) is 17.1. The normalized spacial score (nSPS) is 13.8. The van der Waals surface area contributed by atoms with Gasteiger partial charge in [0.15, 0.2) is 0 Å². The molecule has 0 atom stereocenters. The second-order valence-electron chi connectivity index (χ2n) is 8.87. The van der Waals surface area contributed by atoms with Gasteiger partial charge in [-0.15, -0.1) is 0 Å². The van der Waals surface area contributed by atoms with Gasteiger partial charge >= 0.3 is 12.1 Å². The minimum absolute atomic E-state index is 0.151. The number of ether oxygens (including phenoxy) is 1. The van der Waals surface area contributed by atoms with Crippen LogP contribution in [0, 0.1) is 0 Å². The van der Waals surface area contributed by atoms with Crippen LogP contribution in [-0.2, 0) is 11.3 Å². The number of halogens is 1. The van der Waals surface area contributed by atoms with Crippen molar-refractivity contribution < 1.29 is 19.4 Å². The molecule has 0 bridgehead atoms. The fraction of sp³-hybridized carbons (Fsp3) is 0.222. The Morgan fingerprint density at radius 1 is 1.05 bits per heavy atom. The number of aromatic nitrogens is 4. The number of benzene rings is 2. The maximum atomic E-state index is 12.4. The predicted molar refractivity (Wildman–Crippen MR) is 141 cm³/mol. The first-order valence-electron chi connectivity index (χ1n) is 12.1. The quantitative estimate of drug-likeness (QED) is 0.324. The van der Waals surface area contributed by atoms with Crippen molar-refractivity contribution >= 4 is 35.3 Å². The number of nitrogens with one attached hydrogen (secondary N) is 1. The molecule has 0 unspecified atom stereocenters. The minimum atomic E-state index is -1.00. The number of anilines is 2. The topological polar surface area (TPSA) is 122 Å². The molecule has 1 aliphatic rings. The summed E-state index contributed by atoms with van der Waals surface area (Å²) in [6, 6.07) is 16.1. The van der Waals surface area contributed by atoms with Gasteiger partial charge in [0.25, 0.3) is 0 Å². The third kappa shape index (κ3) is 5.92. The van der Waals surface area contributed by atoms with Crippen LogP contribution < -0.4 is 5.32 Å². The number of carboxylic acids is 1. The summed E-state index contributed by atoms with van der Waals surface area (Å²) >= 11 is 6.30. The van der Waals surface area contributed by atoms with Crippen LogP contribution in [0.2, 0.25) is 5.02 Å². The van der Waals surface area contributed by atoms with Crippen molar-refractivity contribution in [2.24, 2.45) is 0 Å². The average Bonchev–Trinajstić information content (AvgIpc) is 3.42. The van der Waals surface area contributed by atoms with Crippen LogP contribution >= 0.6 is 11.6 Å². The number of carbonyl (C=O) groups is 2. The monoisotopic (exact) mass is 532 g/mol. The molecular formula is C27H25ClN6O4. The van der Waals surface area contributed by atoms with Crippen LogP contribution in [0.1, 0.15) is 34.8 Å². The summed E-state index contributed by atoms with van der Waals surface area (Å²) in [5.41, 5.74) is 3.01. The average molecular weight is 533 g/mol. The van der Waals surface area contributed by atoms with Crippen molar-refractivity contribution in [2.75, 3.05) is 18.4 Å². The fourth-order valence-corrected chi connectivity index (χ4v) is 4.46. The van der Waals surface area contributed by atoms with E-state index in [1.807, 2.05) is 41.2 Å². The Morgan fingerprint density at radius 3 is 2.50 bits per heavy atom. The molecule has 2 aromatic heterocycles. The smallest absolute Gasteiger partial charge is 0.410 e. The van der Waals surface area contributed by atoms with Crippen LogP contribution in [0.4, 0.5) is 16.4 Å². The summed E-state index contributed by atoms with van der Waals surface area (Å²) in [6.07, 6.45) is 6.29. The van der Waals surface area contributed by atoms with Gasteiger partial charge in [-0.05, 0) is 30.5 Å². The van der Waals surface area contributed by atoms with Crippen LogP contribution in [0.25, 0.3) is 11.3 Å². The van der Waals surface area contributed by atoms with E-state index in [4.69, 9.17) is 21.4 Å². The second-order valence-corrected chi connectivity index (χ2v) is 9.27. The van der Waals surface area contributed by atoms with Crippen LogP contribution in [0.3, 0.4) is 0 Å². The van der Waals surface area contributed by atoms with E-state index in [0.717, 1.165) is 18.4 Å². The van der Waals surface area contributed by atoms with Crippen molar-refractivity contribution in [3.05, 3.63) is 89.3 Å². The molecule has 1 aliphatic heterocycles. The first kappa shape index (κ1) is 25.2. The standard InChI is InChI=1S/C27H25ClN6O4/c28-23-15-29-26(32-24(23)19-6-8-20(9-7-19)25(35)36)31-21-14-30-34(16-21)22-10-12-33(13-11-22)27(37)38-17-18-4-2-1-3-5-18/h1-9,14-16,22H,10-13,17H2,(H,35,36)(H,29,31,32). The van der Waals surface area contributed by atoms with E-state index in [2.05, 4.69) is 20.4 Å². The maximum absolute atomic E-state index is 12.4. The third-order valence-electron chi connectivity index (χ3n) is 6.31. The molecule has 2 N–H and O–H groups in total. The van der Waals surface area contributed by atoms with Crippen molar-refractivity contribution in [2.45, 2.75) is 25.5 Å². The molecule has 1 amide bonds. The molecule has 3 heterocycles. The van der Waals surface area contributed by atoms with Gasteiger partial charge in [0.05, 0.1) is 40.4 Å². The van der Waals surface area contributed by atoms with Gasteiger partial charge in [0.2, 0.25) is 5.95 Å². The summed E-state index contributed by atoms with van der Waals surface area (Å²) in [5.74, 6) is -0.666. The van der Waals surface area contributed by atoms with E-state index >= 15 is 0 Å². The highest BCUT2D eigenvalue weighted by atomic mass is 35.5. The first-order chi connectivity index (χ1) is 18.5. The lowest BCUT2D eigenvalue weighted by Gasteiger charge is -2.31. The van der Waals surface area contributed by atoms with Crippen molar-refractivity contribution in [1.29, 1.82) is 0 Å². The molecule has 0 saturated carbocycles. The van der Waals surface area contributed by atoms with E-state index in [9.17, 15) is 9.59 Å². The number of amides is 1. The summed E-state index contributed by atoms with van der Waals surface area (Å²) < 4.78 is 7.34. The molecular weight excluding hydrogens is 508 g/mol. The van der Waals surface area contributed by atoms with Crippen molar-refractivity contribution in [3.63, 3.8) is 0 Å². The highest BCUT2D eigenvalue weighted by Crippen LogP contribution is 2.28.